The fourth-order valence-corrected chi connectivity index (χ4v) is 1.70. The van der Waals surface area contributed by atoms with Crippen molar-refractivity contribution in [2.75, 3.05) is 6.54 Å². The Morgan fingerprint density at radius 2 is 2.20 bits per heavy atom. The largest absolute Gasteiger partial charge is 0.449 e. The van der Waals surface area contributed by atoms with E-state index < -0.39 is 0 Å². The van der Waals surface area contributed by atoms with Crippen LogP contribution in [0, 0.1) is 0 Å². The van der Waals surface area contributed by atoms with E-state index in [1.807, 2.05) is 12.1 Å². The highest BCUT2D eigenvalue weighted by atomic mass is 79.9. The van der Waals surface area contributed by atoms with Crippen LogP contribution in [0.2, 0.25) is 0 Å². The van der Waals surface area contributed by atoms with E-state index in [4.69, 9.17) is 4.42 Å². The van der Waals surface area contributed by atoms with E-state index in [9.17, 15) is 0 Å². The zero-order valence-corrected chi connectivity index (χ0v) is 12.3. The van der Waals surface area contributed by atoms with E-state index in [0.717, 1.165) is 21.4 Å². The third-order valence-corrected chi connectivity index (χ3v) is 3.55. The molecule has 0 bridgehead atoms. The first-order valence-corrected chi connectivity index (χ1v) is 6.43. The Hall–Kier alpha value is -0.0600. The zero-order valence-electron chi connectivity index (χ0n) is 9.10. The fraction of sp³-hybridized carbons (Fsp3) is 0.455. The molecule has 0 atom stereocenters. The number of rotatable bonds is 4. The third-order valence-electron chi connectivity index (χ3n) is 1.84. The molecule has 1 heterocycles. The van der Waals surface area contributed by atoms with Gasteiger partial charge in [0.1, 0.15) is 5.76 Å². The minimum atomic E-state index is 0.503. The van der Waals surface area contributed by atoms with Gasteiger partial charge in [-0.3, -0.25) is 0 Å². The van der Waals surface area contributed by atoms with Gasteiger partial charge in [-0.05, 0) is 50.9 Å². The van der Waals surface area contributed by atoms with Crippen LogP contribution in [0.5, 0.6) is 0 Å². The van der Waals surface area contributed by atoms with Gasteiger partial charge in [-0.2, -0.15) is 0 Å². The minimum Gasteiger partial charge on any atom is -0.449 e. The summed E-state index contributed by atoms with van der Waals surface area (Å²) in [4.78, 5) is 0. The molecule has 2 nitrogen and oxygen atoms in total. The van der Waals surface area contributed by atoms with Gasteiger partial charge in [-0.15, -0.1) is 0 Å². The van der Waals surface area contributed by atoms with E-state index >= 15 is 0 Å². The molecule has 1 aromatic heterocycles. The van der Waals surface area contributed by atoms with Crippen molar-refractivity contribution in [1.82, 2.24) is 5.32 Å². The molecule has 0 saturated carbocycles. The summed E-state index contributed by atoms with van der Waals surface area (Å²) in [7, 11) is 0. The highest BCUT2D eigenvalue weighted by molar-refractivity contribution is 9.13. The molecule has 0 aromatic carbocycles. The summed E-state index contributed by atoms with van der Waals surface area (Å²) in [5.74, 6) is 0.858. The average Bonchev–Trinajstić information content (AvgIpc) is 2.42. The molecule has 0 aliphatic rings. The highest BCUT2D eigenvalue weighted by Gasteiger charge is 2.04. The van der Waals surface area contributed by atoms with Crippen molar-refractivity contribution in [3.63, 3.8) is 0 Å². The molecule has 15 heavy (non-hydrogen) atoms. The summed E-state index contributed by atoms with van der Waals surface area (Å²) in [5.41, 5.74) is 1.25. The number of hydrogen-bond acceptors (Lipinski definition) is 2. The van der Waals surface area contributed by atoms with Gasteiger partial charge in [-0.1, -0.05) is 19.4 Å². The van der Waals surface area contributed by atoms with E-state index in [-0.39, 0.29) is 0 Å². The van der Waals surface area contributed by atoms with Gasteiger partial charge in [-0.25, -0.2) is 0 Å². The first-order valence-electron chi connectivity index (χ1n) is 4.84. The van der Waals surface area contributed by atoms with E-state index in [2.05, 4.69) is 57.9 Å². The molecule has 0 spiro atoms. The molecule has 0 amide bonds. The second-order valence-electron chi connectivity index (χ2n) is 3.80. The van der Waals surface area contributed by atoms with Crippen molar-refractivity contribution < 1.29 is 4.42 Å². The van der Waals surface area contributed by atoms with Gasteiger partial charge in [0.2, 0.25) is 0 Å². The number of nitrogens with one attached hydrogen (secondary N) is 1. The van der Waals surface area contributed by atoms with Crippen LogP contribution < -0.4 is 5.32 Å². The summed E-state index contributed by atoms with van der Waals surface area (Å²) in [6.45, 7) is 7.23. The maximum atomic E-state index is 5.46. The Morgan fingerprint density at radius 1 is 1.53 bits per heavy atom. The molecule has 0 aliphatic heterocycles. The van der Waals surface area contributed by atoms with Crippen LogP contribution in [0.15, 0.2) is 25.2 Å². The van der Waals surface area contributed by atoms with Crippen LogP contribution in [-0.2, 0) is 0 Å². The van der Waals surface area contributed by atoms with Crippen LogP contribution in [0.3, 0.4) is 0 Å². The molecule has 0 fully saturated rings. The summed E-state index contributed by atoms with van der Waals surface area (Å²) in [6, 6.07) is 2.45. The van der Waals surface area contributed by atoms with Gasteiger partial charge in [0.15, 0.2) is 4.67 Å². The van der Waals surface area contributed by atoms with Crippen LogP contribution in [0.4, 0.5) is 0 Å². The smallest absolute Gasteiger partial charge is 0.184 e. The lowest BCUT2D eigenvalue weighted by atomic mass is 10.2. The van der Waals surface area contributed by atoms with Crippen molar-refractivity contribution in [3.8, 4) is 0 Å². The molecule has 0 saturated heterocycles. The second-order valence-corrected chi connectivity index (χ2v) is 5.37. The lowest BCUT2D eigenvalue weighted by Crippen LogP contribution is -2.24. The molecule has 0 radical (unpaired) electrons. The first kappa shape index (κ1) is 13.0. The molecule has 0 unspecified atom stereocenters. The van der Waals surface area contributed by atoms with E-state index in [1.165, 1.54) is 5.57 Å². The maximum absolute atomic E-state index is 5.46. The first-order chi connectivity index (χ1) is 6.99. The predicted octanol–water partition coefficient (Wildman–Crippen LogP) is 4.21. The Bertz CT molecular complexity index is 336. The Morgan fingerprint density at radius 3 is 2.67 bits per heavy atom. The molecule has 0 aliphatic carbocycles. The van der Waals surface area contributed by atoms with Crippen molar-refractivity contribution >= 4 is 37.9 Å². The zero-order chi connectivity index (χ0) is 11.4. The van der Waals surface area contributed by atoms with Gasteiger partial charge < -0.3 is 9.73 Å². The van der Waals surface area contributed by atoms with Gasteiger partial charge in [0.05, 0.1) is 4.47 Å². The molecule has 4 heteroatoms. The van der Waals surface area contributed by atoms with Crippen molar-refractivity contribution in [2.45, 2.75) is 26.8 Å². The molecule has 1 N–H and O–H groups in total. The summed E-state index contributed by atoms with van der Waals surface area (Å²) in [5, 5.41) is 3.35. The van der Waals surface area contributed by atoms with Crippen LogP contribution in [-0.4, -0.2) is 12.6 Å². The average molecular weight is 337 g/mol. The highest BCUT2D eigenvalue weighted by Crippen LogP contribution is 2.27. The Balaban J connectivity index is 2.62. The van der Waals surface area contributed by atoms with Crippen LogP contribution in [0.25, 0.3) is 6.08 Å². The minimum absolute atomic E-state index is 0.503. The number of furan rings is 1. The Kier molecular flexibility index (Phi) is 5.09. The van der Waals surface area contributed by atoms with Crippen LogP contribution >= 0.6 is 31.9 Å². The predicted molar refractivity (Wildman–Crippen MR) is 70.9 cm³/mol. The standard InChI is InChI=1S/C11H15Br2NO/c1-7(2)14-6-8(3)4-9-5-10(12)11(13)15-9/h4-5,7,14H,6H2,1-3H3. The van der Waals surface area contributed by atoms with Crippen molar-refractivity contribution in [2.24, 2.45) is 0 Å². The molecule has 84 valence electrons. The van der Waals surface area contributed by atoms with Gasteiger partial charge >= 0.3 is 0 Å². The van der Waals surface area contributed by atoms with E-state index in [0.29, 0.717) is 6.04 Å². The lowest BCUT2D eigenvalue weighted by Gasteiger charge is -2.07. The third kappa shape index (κ3) is 4.53. The summed E-state index contributed by atoms with van der Waals surface area (Å²) >= 11 is 6.69. The summed E-state index contributed by atoms with van der Waals surface area (Å²) < 4.78 is 7.13. The molecular weight excluding hydrogens is 322 g/mol. The maximum Gasteiger partial charge on any atom is 0.184 e. The van der Waals surface area contributed by atoms with Crippen LogP contribution in [0.1, 0.15) is 26.5 Å². The van der Waals surface area contributed by atoms with Gasteiger partial charge in [0.25, 0.3) is 0 Å². The quantitative estimate of drug-likeness (QED) is 0.891. The van der Waals surface area contributed by atoms with Gasteiger partial charge in [0, 0.05) is 12.6 Å². The number of halogens is 2. The fourth-order valence-electron chi connectivity index (χ4n) is 1.09. The van der Waals surface area contributed by atoms with Crippen molar-refractivity contribution in [1.29, 1.82) is 0 Å². The Labute approximate surface area is 107 Å². The molecule has 1 aromatic rings. The normalized spacial score (nSPS) is 12.5. The van der Waals surface area contributed by atoms with Crippen molar-refractivity contribution in [3.05, 3.63) is 26.5 Å². The van der Waals surface area contributed by atoms with E-state index in [1.54, 1.807) is 0 Å². The monoisotopic (exact) mass is 335 g/mol. The SMILES string of the molecule is CC(=Cc1cc(Br)c(Br)o1)CNC(C)C. The molecule has 1 rings (SSSR count). The second kappa shape index (κ2) is 5.87. The molecular formula is C11H15Br2NO. The number of hydrogen-bond donors (Lipinski definition) is 1. The lowest BCUT2D eigenvalue weighted by molar-refractivity contribution is 0.529. The topological polar surface area (TPSA) is 25.2 Å². The summed E-state index contributed by atoms with van der Waals surface area (Å²) in [6.07, 6.45) is 2.03.